The van der Waals surface area contributed by atoms with Crippen LogP contribution in [0.15, 0.2) is 0 Å². The summed E-state index contributed by atoms with van der Waals surface area (Å²) >= 11 is 9.28. The second-order valence-corrected chi connectivity index (χ2v) is 8.89. The number of carbonyl (C=O) groups excluding carboxylic acids is 1. The zero-order valence-electron chi connectivity index (χ0n) is 5.62. The van der Waals surface area contributed by atoms with Gasteiger partial charge in [0, 0.05) is 6.04 Å². The van der Waals surface area contributed by atoms with Crippen molar-refractivity contribution in [2.24, 2.45) is 0 Å². The van der Waals surface area contributed by atoms with Crippen LogP contribution in [0.2, 0.25) is 0 Å². The number of hydrogen-bond donors (Lipinski definition) is 1. The van der Waals surface area contributed by atoms with E-state index in [0.29, 0.717) is 0 Å². The Labute approximate surface area is 85.5 Å². The van der Waals surface area contributed by atoms with Gasteiger partial charge in [-0.05, 0) is 61.6 Å². The zero-order chi connectivity index (χ0) is 8.36. The van der Waals surface area contributed by atoms with Gasteiger partial charge in [0.05, 0.1) is 0 Å². The largest absolute Gasteiger partial charge is 0.351 e. The molecule has 0 fully saturated rings. The van der Waals surface area contributed by atoms with Crippen molar-refractivity contribution in [3.63, 3.8) is 0 Å². The minimum Gasteiger partial charge on any atom is -0.351 e. The number of hydrogen-bond acceptors (Lipinski definition) is 1. The molecule has 0 saturated carbocycles. The molecule has 0 saturated heterocycles. The van der Waals surface area contributed by atoms with Crippen molar-refractivity contribution in [3.05, 3.63) is 0 Å². The summed E-state index contributed by atoms with van der Waals surface area (Å²) in [6.45, 7) is 3.80. The summed E-state index contributed by atoms with van der Waals surface area (Å²) in [7, 11) is 0. The molecule has 0 rings (SSSR count). The summed E-state index contributed by atoms with van der Waals surface area (Å²) in [5, 5.41) is 2.70. The van der Waals surface area contributed by atoms with Crippen LogP contribution >= 0.6 is 47.8 Å². The Balaban J connectivity index is 3.87. The quantitative estimate of drug-likeness (QED) is 0.731. The van der Waals surface area contributed by atoms with E-state index in [1.54, 1.807) is 0 Å². The summed E-state index contributed by atoms with van der Waals surface area (Å²) in [6, 6.07) is 0.152. The molecule has 0 heterocycles. The lowest BCUT2D eigenvalue weighted by atomic mass is 10.4. The zero-order valence-corrected chi connectivity index (χ0v) is 10.4. The molecule has 0 aromatic rings. The lowest BCUT2D eigenvalue weighted by molar-refractivity contribution is -0.119. The first-order valence-electron chi connectivity index (χ1n) is 2.71. The van der Waals surface area contributed by atoms with Gasteiger partial charge in [-0.25, -0.2) is 0 Å². The second kappa shape index (κ2) is 4.07. The number of rotatable bonds is 1. The highest BCUT2D eigenvalue weighted by atomic mass is 80.0. The predicted octanol–water partition coefficient (Wildman–Crippen LogP) is 2.35. The van der Waals surface area contributed by atoms with E-state index < -0.39 is 2.14 Å². The Bertz CT molecular complexity index is 129. The molecular weight excluding hydrogens is 330 g/mol. The highest BCUT2D eigenvalue weighted by Gasteiger charge is 2.28. The number of nitrogens with one attached hydrogen (secondary N) is 1. The van der Waals surface area contributed by atoms with Gasteiger partial charge in [0.2, 0.25) is 2.14 Å². The van der Waals surface area contributed by atoms with E-state index in [2.05, 4.69) is 53.1 Å². The van der Waals surface area contributed by atoms with E-state index in [0.717, 1.165) is 0 Å². The van der Waals surface area contributed by atoms with Crippen LogP contribution in [0.5, 0.6) is 0 Å². The van der Waals surface area contributed by atoms with Gasteiger partial charge < -0.3 is 5.32 Å². The summed E-state index contributed by atoms with van der Waals surface area (Å²) in [5.74, 6) is -0.137. The highest BCUT2D eigenvalue weighted by molar-refractivity contribution is 9.40. The van der Waals surface area contributed by atoms with Crippen LogP contribution < -0.4 is 5.32 Å². The SMILES string of the molecule is CC(C)NC(=O)C(Br)(Br)Br. The van der Waals surface area contributed by atoms with E-state index in [1.165, 1.54) is 0 Å². The summed E-state index contributed by atoms with van der Waals surface area (Å²) in [4.78, 5) is 11.0. The Kier molecular flexibility index (Phi) is 4.44. The molecule has 0 bridgehead atoms. The van der Waals surface area contributed by atoms with E-state index in [9.17, 15) is 4.79 Å². The molecule has 0 aliphatic rings. The number of alkyl halides is 3. The van der Waals surface area contributed by atoms with Gasteiger partial charge in [-0.2, -0.15) is 0 Å². The van der Waals surface area contributed by atoms with Crippen LogP contribution in [0.1, 0.15) is 13.8 Å². The fraction of sp³-hybridized carbons (Fsp3) is 0.800. The topological polar surface area (TPSA) is 29.1 Å². The molecule has 0 atom stereocenters. The first-order valence-corrected chi connectivity index (χ1v) is 5.09. The van der Waals surface area contributed by atoms with E-state index in [4.69, 9.17) is 0 Å². The molecule has 1 N–H and O–H groups in total. The van der Waals surface area contributed by atoms with Crippen molar-refractivity contribution in [2.45, 2.75) is 22.0 Å². The molecule has 0 aromatic heterocycles. The number of amides is 1. The van der Waals surface area contributed by atoms with Crippen molar-refractivity contribution in [3.8, 4) is 0 Å². The Hall–Kier alpha value is 0.910. The minimum absolute atomic E-state index is 0.137. The number of carbonyl (C=O) groups is 1. The third-order valence-electron chi connectivity index (χ3n) is 0.677. The Morgan fingerprint density at radius 3 is 1.90 bits per heavy atom. The maximum absolute atomic E-state index is 11.0. The average molecular weight is 338 g/mol. The normalized spacial score (nSPS) is 11.8. The summed E-state index contributed by atoms with van der Waals surface area (Å²) in [5.41, 5.74) is 0. The first kappa shape index (κ1) is 10.9. The lowest BCUT2D eigenvalue weighted by Gasteiger charge is -2.14. The van der Waals surface area contributed by atoms with Gasteiger partial charge in [0.1, 0.15) is 0 Å². The van der Waals surface area contributed by atoms with Gasteiger partial charge in [-0.3, -0.25) is 4.79 Å². The van der Waals surface area contributed by atoms with Gasteiger partial charge >= 0.3 is 0 Å². The Morgan fingerprint density at radius 2 is 1.80 bits per heavy atom. The van der Waals surface area contributed by atoms with Crippen molar-refractivity contribution in [2.75, 3.05) is 0 Å². The molecule has 1 amide bonds. The molecule has 0 aliphatic heterocycles. The van der Waals surface area contributed by atoms with Crippen molar-refractivity contribution >= 4 is 53.7 Å². The molecule has 0 unspecified atom stereocenters. The van der Waals surface area contributed by atoms with Gasteiger partial charge in [0.25, 0.3) is 5.91 Å². The molecule has 2 nitrogen and oxygen atoms in total. The van der Waals surface area contributed by atoms with Crippen molar-refractivity contribution < 1.29 is 4.79 Å². The number of halogens is 3. The Morgan fingerprint density at radius 1 is 1.40 bits per heavy atom. The maximum atomic E-state index is 11.0. The van der Waals surface area contributed by atoms with Crippen molar-refractivity contribution in [1.82, 2.24) is 5.32 Å². The fourth-order valence-corrected chi connectivity index (χ4v) is 0.687. The molecule has 0 aliphatic carbocycles. The predicted molar refractivity (Wildman–Crippen MR) is 52.8 cm³/mol. The van der Waals surface area contributed by atoms with E-state index in [1.807, 2.05) is 13.8 Å². The van der Waals surface area contributed by atoms with Crippen LogP contribution in [-0.4, -0.2) is 14.1 Å². The molecule has 0 radical (unpaired) electrons. The second-order valence-electron chi connectivity index (χ2n) is 2.13. The van der Waals surface area contributed by atoms with E-state index >= 15 is 0 Å². The summed E-state index contributed by atoms with van der Waals surface area (Å²) < 4.78 is -0.822. The standard InChI is InChI=1S/C5H8Br3NO/c1-3(2)9-4(10)5(6,7)8/h3H,1-2H3,(H,9,10). The molecule has 60 valence electrons. The van der Waals surface area contributed by atoms with Crippen LogP contribution in [0.25, 0.3) is 0 Å². The first-order chi connectivity index (χ1) is 4.34. The van der Waals surface area contributed by atoms with Crippen LogP contribution in [-0.2, 0) is 4.79 Å². The highest BCUT2D eigenvalue weighted by Crippen LogP contribution is 2.33. The minimum atomic E-state index is -0.822. The van der Waals surface area contributed by atoms with Gasteiger partial charge in [-0.1, -0.05) is 0 Å². The maximum Gasteiger partial charge on any atom is 0.258 e. The molecule has 5 heteroatoms. The third kappa shape index (κ3) is 4.68. The molecule has 0 spiro atoms. The van der Waals surface area contributed by atoms with Gasteiger partial charge in [0.15, 0.2) is 0 Å². The smallest absolute Gasteiger partial charge is 0.258 e. The average Bonchev–Trinajstić information content (AvgIpc) is 1.60. The molecule has 10 heavy (non-hydrogen) atoms. The van der Waals surface area contributed by atoms with E-state index in [-0.39, 0.29) is 11.9 Å². The summed E-state index contributed by atoms with van der Waals surface area (Å²) in [6.07, 6.45) is 0. The molecule has 0 aromatic carbocycles. The van der Waals surface area contributed by atoms with Crippen LogP contribution in [0.4, 0.5) is 0 Å². The molecular formula is C5H8Br3NO. The van der Waals surface area contributed by atoms with Crippen molar-refractivity contribution in [1.29, 1.82) is 0 Å². The monoisotopic (exact) mass is 335 g/mol. The van der Waals surface area contributed by atoms with Gasteiger partial charge in [-0.15, -0.1) is 0 Å². The fourth-order valence-electron chi connectivity index (χ4n) is 0.344. The van der Waals surface area contributed by atoms with Crippen LogP contribution in [0.3, 0.4) is 0 Å². The lowest BCUT2D eigenvalue weighted by Crippen LogP contribution is -2.37. The third-order valence-corrected chi connectivity index (χ3v) is 1.76. The van der Waals surface area contributed by atoms with Crippen LogP contribution in [0, 0.1) is 0 Å².